The molecule has 0 atom stereocenters. The third-order valence-electron chi connectivity index (χ3n) is 4.79. The number of hydrogen-bond donors (Lipinski definition) is 2. The van der Waals surface area contributed by atoms with Crippen molar-refractivity contribution in [1.82, 2.24) is 9.29 Å². The van der Waals surface area contributed by atoms with Crippen LogP contribution in [0, 0.1) is 0 Å². The van der Waals surface area contributed by atoms with Gasteiger partial charge in [-0.3, -0.25) is 4.98 Å². The van der Waals surface area contributed by atoms with E-state index >= 15 is 0 Å². The van der Waals surface area contributed by atoms with Gasteiger partial charge >= 0.3 is 5.97 Å². The van der Waals surface area contributed by atoms with Crippen LogP contribution in [0.25, 0.3) is 0 Å². The maximum atomic E-state index is 13.5. The number of aliphatic hydroxyl groups excluding tert-OH is 1. The first-order valence-electron chi connectivity index (χ1n) is 9.35. The number of benzene rings is 2. The summed E-state index contributed by atoms with van der Waals surface area (Å²) in [6.45, 7) is -0.678. The Bertz CT molecular complexity index is 1150. The second-order valence-electron chi connectivity index (χ2n) is 6.72. The number of nitrogens with zero attached hydrogens (tertiary/aromatic N) is 2. The molecule has 0 radical (unpaired) electrons. The summed E-state index contributed by atoms with van der Waals surface area (Å²) in [5.74, 6) is -0.690. The van der Waals surface area contributed by atoms with Crippen LogP contribution < -0.4 is 4.74 Å². The molecule has 0 saturated heterocycles. The summed E-state index contributed by atoms with van der Waals surface area (Å²) in [5.41, 5.74) is 1.16. The standard InChI is InChI=1S/C22H22N2O6S/c1-30-18-7-9-19(10-8-18)31(28,29)24(13-16-4-3-11-23-12-16)14-21-17(15-25)5-2-6-20(21)22(26)27/h2-12,25H,13-15H2,1H3,(H,26,27). The van der Waals surface area contributed by atoms with Gasteiger partial charge in [-0.15, -0.1) is 0 Å². The number of aromatic carboxylic acids is 1. The van der Waals surface area contributed by atoms with Gasteiger partial charge in [-0.1, -0.05) is 18.2 Å². The number of rotatable bonds is 9. The average molecular weight is 442 g/mol. The zero-order valence-electron chi connectivity index (χ0n) is 16.8. The quantitative estimate of drug-likeness (QED) is 0.523. The van der Waals surface area contributed by atoms with Crippen LogP contribution >= 0.6 is 0 Å². The summed E-state index contributed by atoms with van der Waals surface area (Å²) in [6, 6.07) is 13.8. The van der Waals surface area contributed by atoms with Crippen LogP contribution in [-0.4, -0.2) is 41.0 Å². The van der Waals surface area contributed by atoms with Gasteiger partial charge < -0.3 is 14.9 Å². The fraction of sp³-hybridized carbons (Fsp3) is 0.182. The van der Waals surface area contributed by atoms with Gasteiger partial charge in [-0.25, -0.2) is 13.2 Å². The van der Waals surface area contributed by atoms with E-state index in [9.17, 15) is 23.4 Å². The van der Waals surface area contributed by atoms with Crippen molar-refractivity contribution < 1.29 is 28.2 Å². The fourth-order valence-corrected chi connectivity index (χ4v) is 4.56. The molecule has 8 nitrogen and oxygen atoms in total. The molecule has 0 spiro atoms. The van der Waals surface area contributed by atoms with E-state index in [0.29, 0.717) is 16.9 Å². The molecule has 3 rings (SSSR count). The molecule has 1 aromatic heterocycles. The Morgan fingerprint density at radius 1 is 1.06 bits per heavy atom. The largest absolute Gasteiger partial charge is 0.497 e. The topological polar surface area (TPSA) is 117 Å². The van der Waals surface area contributed by atoms with Crippen LogP contribution in [-0.2, 0) is 29.7 Å². The van der Waals surface area contributed by atoms with Crippen molar-refractivity contribution >= 4 is 16.0 Å². The number of pyridine rings is 1. The predicted octanol–water partition coefficient (Wildman–Crippen LogP) is 2.67. The van der Waals surface area contributed by atoms with Gasteiger partial charge in [0.05, 0.1) is 24.2 Å². The second-order valence-corrected chi connectivity index (χ2v) is 8.65. The van der Waals surface area contributed by atoms with E-state index in [0.717, 1.165) is 0 Å². The zero-order chi connectivity index (χ0) is 22.4. The molecule has 0 aliphatic rings. The molecular weight excluding hydrogens is 420 g/mol. The Labute approximate surface area is 180 Å². The number of aromatic nitrogens is 1. The van der Waals surface area contributed by atoms with Crippen molar-refractivity contribution in [2.45, 2.75) is 24.6 Å². The van der Waals surface area contributed by atoms with Crippen molar-refractivity contribution in [3.63, 3.8) is 0 Å². The SMILES string of the molecule is COc1ccc(S(=O)(=O)N(Cc2cccnc2)Cc2c(CO)cccc2C(=O)O)cc1. The van der Waals surface area contributed by atoms with E-state index in [1.54, 1.807) is 42.7 Å². The lowest BCUT2D eigenvalue weighted by Crippen LogP contribution is -2.31. The van der Waals surface area contributed by atoms with Crippen molar-refractivity contribution in [2.75, 3.05) is 7.11 Å². The summed E-state index contributed by atoms with van der Waals surface area (Å²) in [4.78, 5) is 15.8. The Hall–Kier alpha value is -3.27. The number of ether oxygens (including phenoxy) is 1. The molecule has 162 valence electrons. The van der Waals surface area contributed by atoms with Crippen LogP contribution in [0.15, 0.2) is 71.9 Å². The Morgan fingerprint density at radius 2 is 1.81 bits per heavy atom. The lowest BCUT2D eigenvalue weighted by molar-refractivity contribution is 0.0694. The minimum atomic E-state index is -4.01. The van der Waals surface area contributed by atoms with Crippen molar-refractivity contribution in [3.8, 4) is 5.75 Å². The van der Waals surface area contributed by atoms with Crippen molar-refractivity contribution in [1.29, 1.82) is 0 Å². The molecule has 0 fully saturated rings. The molecule has 2 aromatic carbocycles. The van der Waals surface area contributed by atoms with Gasteiger partial charge in [0, 0.05) is 25.5 Å². The smallest absolute Gasteiger partial charge is 0.336 e. The van der Waals surface area contributed by atoms with Crippen molar-refractivity contribution in [2.24, 2.45) is 0 Å². The highest BCUT2D eigenvalue weighted by atomic mass is 32.2. The molecule has 0 aliphatic heterocycles. The molecule has 2 N–H and O–H groups in total. The Balaban J connectivity index is 2.08. The summed E-state index contributed by atoms with van der Waals surface area (Å²) >= 11 is 0. The van der Waals surface area contributed by atoms with E-state index in [1.165, 1.54) is 35.7 Å². The van der Waals surface area contributed by atoms with Gasteiger partial charge in [0.25, 0.3) is 0 Å². The highest BCUT2D eigenvalue weighted by Gasteiger charge is 2.28. The molecule has 1 heterocycles. The van der Waals surface area contributed by atoms with Gasteiger partial charge in [0.2, 0.25) is 10.0 Å². The Kier molecular flexibility index (Phi) is 7.01. The number of methoxy groups -OCH3 is 1. The summed E-state index contributed by atoms with van der Waals surface area (Å²) < 4.78 is 33.2. The van der Waals surface area contributed by atoms with E-state index in [1.807, 2.05) is 0 Å². The lowest BCUT2D eigenvalue weighted by atomic mass is 10.0. The number of sulfonamides is 1. The average Bonchev–Trinajstić information content (AvgIpc) is 2.79. The third kappa shape index (κ3) is 5.08. The molecular formula is C22H22N2O6S. The predicted molar refractivity (Wildman–Crippen MR) is 113 cm³/mol. The van der Waals surface area contributed by atoms with Gasteiger partial charge in [0.15, 0.2) is 0 Å². The molecule has 0 saturated carbocycles. The minimum Gasteiger partial charge on any atom is -0.497 e. The molecule has 9 heteroatoms. The second kappa shape index (κ2) is 9.69. The molecule has 31 heavy (non-hydrogen) atoms. The summed E-state index contributed by atoms with van der Waals surface area (Å²) in [5, 5.41) is 19.3. The zero-order valence-corrected chi connectivity index (χ0v) is 17.6. The fourth-order valence-electron chi connectivity index (χ4n) is 3.16. The first kappa shape index (κ1) is 22.4. The number of carbonyl (C=O) groups is 1. The monoisotopic (exact) mass is 442 g/mol. The number of carboxylic acid groups (broad SMARTS) is 1. The van der Waals surface area contributed by atoms with E-state index in [-0.39, 0.29) is 29.1 Å². The van der Waals surface area contributed by atoms with Crippen LogP contribution in [0.4, 0.5) is 0 Å². The first-order valence-corrected chi connectivity index (χ1v) is 10.8. The molecule has 0 unspecified atom stereocenters. The number of aliphatic hydroxyl groups is 1. The highest BCUT2D eigenvalue weighted by molar-refractivity contribution is 7.89. The Morgan fingerprint density at radius 3 is 2.39 bits per heavy atom. The number of carboxylic acids is 1. The third-order valence-corrected chi connectivity index (χ3v) is 6.59. The lowest BCUT2D eigenvalue weighted by Gasteiger charge is -2.24. The highest BCUT2D eigenvalue weighted by Crippen LogP contribution is 2.26. The van der Waals surface area contributed by atoms with Crippen LogP contribution in [0.1, 0.15) is 27.0 Å². The maximum absolute atomic E-state index is 13.5. The van der Waals surface area contributed by atoms with E-state index in [4.69, 9.17) is 4.74 Å². The van der Waals surface area contributed by atoms with E-state index < -0.39 is 22.6 Å². The molecule has 0 amide bonds. The van der Waals surface area contributed by atoms with Crippen LogP contribution in [0.2, 0.25) is 0 Å². The summed E-state index contributed by atoms with van der Waals surface area (Å²) in [6.07, 6.45) is 3.13. The minimum absolute atomic E-state index is 0.0268. The van der Waals surface area contributed by atoms with Gasteiger partial charge in [0.1, 0.15) is 5.75 Å². The van der Waals surface area contributed by atoms with E-state index in [2.05, 4.69) is 4.98 Å². The summed E-state index contributed by atoms with van der Waals surface area (Å²) in [7, 11) is -2.53. The van der Waals surface area contributed by atoms with Crippen LogP contribution in [0.5, 0.6) is 5.75 Å². The first-order chi connectivity index (χ1) is 14.9. The van der Waals surface area contributed by atoms with Gasteiger partial charge in [-0.2, -0.15) is 4.31 Å². The van der Waals surface area contributed by atoms with Crippen LogP contribution in [0.3, 0.4) is 0 Å². The van der Waals surface area contributed by atoms with Crippen molar-refractivity contribution in [3.05, 3.63) is 89.2 Å². The molecule has 0 bridgehead atoms. The molecule has 3 aromatic rings. The van der Waals surface area contributed by atoms with Gasteiger partial charge in [-0.05, 0) is 53.1 Å². The normalized spacial score (nSPS) is 11.5. The maximum Gasteiger partial charge on any atom is 0.336 e. The number of hydrogen-bond acceptors (Lipinski definition) is 6. The molecule has 0 aliphatic carbocycles.